The molecule has 1 aromatic heterocycles. The van der Waals surface area contributed by atoms with Crippen LogP contribution in [0, 0.1) is 0 Å². The Morgan fingerprint density at radius 1 is 1.21 bits per heavy atom. The Labute approximate surface area is 87.2 Å². The van der Waals surface area contributed by atoms with Crippen molar-refractivity contribution in [2.45, 2.75) is 6.42 Å². The lowest BCUT2D eigenvalue weighted by molar-refractivity contribution is 1.25. The Balaban J connectivity index is 2.14. The number of aromatic amines is 1. The second-order valence-electron chi connectivity index (χ2n) is 3.53. The fraction of sp³-hybridized carbons (Fsp3) is 0.167. The molecule has 0 bridgehead atoms. The number of H-pyrrole nitrogens is 1. The molecule has 1 N–H and O–H groups in total. The Kier molecular flexibility index (Phi) is 1.88. The van der Waals surface area contributed by atoms with Gasteiger partial charge in [-0.1, -0.05) is 18.2 Å². The van der Waals surface area contributed by atoms with Gasteiger partial charge >= 0.3 is 0 Å². The summed E-state index contributed by atoms with van der Waals surface area (Å²) in [5, 5.41) is 3.57. The number of allylic oxidation sites excluding steroid dienone is 1. The van der Waals surface area contributed by atoms with Gasteiger partial charge in [0.1, 0.15) is 0 Å². The molecule has 1 nitrogen and oxygen atoms in total. The zero-order valence-electron chi connectivity index (χ0n) is 7.79. The third kappa shape index (κ3) is 1.26. The third-order valence-electron chi connectivity index (χ3n) is 2.59. The average Bonchev–Trinajstić information content (AvgIpc) is 2.86. The van der Waals surface area contributed by atoms with Gasteiger partial charge in [0.25, 0.3) is 0 Å². The number of benzene rings is 1. The van der Waals surface area contributed by atoms with Gasteiger partial charge in [-0.05, 0) is 34.9 Å². The smallest absolute Gasteiger partial charge is 0.0458 e. The molecule has 14 heavy (non-hydrogen) atoms. The molecule has 0 aliphatic carbocycles. The van der Waals surface area contributed by atoms with Crippen LogP contribution in [-0.4, -0.2) is 10.7 Å². The molecule has 0 unspecified atom stereocenters. The summed E-state index contributed by atoms with van der Waals surface area (Å²) >= 11 is 1.90. The van der Waals surface area contributed by atoms with Crippen molar-refractivity contribution in [3.63, 3.8) is 0 Å². The second kappa shape index (κ2) is 3.21. The summed E-state index contributed by atoms with van der Waals surface area (Å²) in [5.41, 5.74) is 3.97. The molecule has 0 saturated heterocycles. The van der Waals surface area contributed by atoms with Crippen LogP contribution in [-0.2, 0) is 0 Å². The minimum Gasteiger partial charge on any atom is -0.355 e. The minimum atomic E-state index is 1.19. The molecular weight excluding hydrogens is 190 g/mol. The van der Waals surface area contributed by atoms with Gasteiger partial charge in [-0.2, -0.15) is 0 Å². The summed E-state index contributed by atoms with van der Waals surface area (Å²) < 4.78 is 0. The number of fused-ring (bicyclic) bond motifs is 1. The molecule has 0 radical (unpaired) electrons. The number of hydrogen-bond donors (Lipinski definition) is 1. The van der Waals surface area contributed by atoms with E-state index in [1.807, 2.05) is 11.8 Å². The van der Waals surface area contributed by atoms with Crippen molar-refractivity contribution in [2.24, 2.45) is 0 Å². The molecule has 70 valence electrons. The van der Waals surface area contributed by atoms with Crippen molar-refractivity contribution in [3.05, 3.63) is 41.4 Å². The van der Waals surface area contributed by atoms with E-state index in [1.165, 1.54) is 34.3 Å². The van der Waals surface area contributed by atoms with Gasteiger partial charge in [-0.15, -0.1) is 11.8 Å². The Morgan fingerprint density at radius 2 is 2.14 bits per heavy atom. The lowest BCUT2D eigenvalue weighted by atomic mass is 10.1. The molecule has 2 heteroatoms. The number of para-hydroxylation sites is 1. The second-order valence-corrected chi connectivity index (χ2v) is 4.51. The van der Waals surface area contributed by atoms with Crippen molar-refractivity contribution in [2.75, 3.05) is 5.75 Å². The molecule has 0 spiro atoms. The van der Waals surface area contributed by atoms with Gasteiger partial charge in [0.15, 0.2) is 0 Å². The standard InChI is InChI=1S/C12H11NS/c1-2-4-11-9(3-1)7-12(13-11)10-5-6-14-8-10/h1-4,7-8,13H,5-6H2. The van der Waals surface area contributed by atoms with E-state index in [0.717, 1.165) is 0 Å². The van der Waals surface area contributed by atoms with Crippen LogP contribution in [0.25, 0.3) is 16.5 Å². The van der Waals surface area contributed by atoms with E-state index in [9.17, 15) is 0 Å². The van der Waals surface area contributed by atoms with Crippen molar-refractivity contribution in [1.29, 1.82) is 0 Å². The van der Waals surface area contributed by atoms with E-state index in [2.05, 4.69) is 40.7 Å². The van der Waals surface area contributed by atoms with E-state index in [-0.39, 0.29) is 0 Å². The Hall–Kier alpha value is -1.15. The van der Waals surface area contributed by atoms with E-state index < -0.39 is 0 Å². The number of nitrogens with one attached hydrogen (secondary N) is 1. The third-order valence-corrected chi connectivity index (χ3v) is 3.48. The van der Waals surface area contributed by atoms with Crippen molar-refractivity contribution >= 4 is 28.2 Å². The first-order valence-electron chi connectivity index (χ1n) is 4.82. The van der Waals surface area contributed by atoms with E-state index >= 15 is 0 Å². The number of rotatable bonds is 1. The number of aromatic nitrogens is 1. The van der Waals surface area contributed by atoms with Crippen molar-refractivity contribution in [1.82, 2.24) is 4.98 Å². The molecule has 2 aromatic rings. The monoisotopic (exact) mass is 201 g/mol. The van der Waals surface area contributed by atoms with Gasteiger partial charge in [-0.25, -0.2) is 0 Å². The molecule has 0 amide bonds. The summed E-state index contributed by atoms with van der Waals surface area (Å²) in [6.45, 7) is 0. The maximum atomic E-state index is 3.46. The first kappa shape index (κ1) is 8.18. The first-order chi connectivity index (χ1) is 6.93. The summed E-state index contributed by atoms with van der Waals surface area (Å²) in [6.07, 6.45) is 1.19. The lowest BCUT2D eigenvalue weighted by Crippen LogP contribution is -1.80. The van der Waals surface area contributed by atoms with Crippen LogP contribution in [0.4, 0.5) is 0 Å². The highest BCUT2D eigenvalue weighted by Gasteiger charge is 2.09. The SMILES string of the molecule is C1=C(c2cc3ccccc3[nH]2)CCS1. The Bertz CT molecular complexity index is 463. The molecular formula is C12H11NS. The van der Waals surface area contributed by atoms with Crippen LogP contribution < -0.4 is 0 Å². The molecule has 1 aliphatic heterocycles. The maximum Gasteiger partial charge on any atom is 0.0458 e. The molecule has 1 aliphatic rings. The van der Waals surface area contributed by atoms with Gasteiger partial charge in [-0.3, -0.25) is 0 Å². The predicted octanol–water partition coefficient (Wildman–Crippen LogP) is 3.65. The van der Waals surface area contributed by atoms with E-state index in [1.54, 1.807) is 0 Å². The van der Waals surface area contributed by atoms with Crippen LogP contribution in [0.1, 0.15) is 12.1 Å². The van der Waals surface area contributed by atoms with E-state index in [0.29, 0.717) is 0 Å². The lowest BCUT2D eigenvalue weighted by Gasteiger charge is -1.94. The highest BCUT2D eigenvalue weighted by Crippen LogP contribution is 2.31. The largest absolute Gasteiger partial charge is 0.355 e. The minimum absolute atomic E-state index is 1.19. The van der Waals surface area contributed by atoms with Gasteiger partial charge in [0, 0.05) is 17.0 Å². The molecule has 1 aromatic carbocycles. The van der Waals surface area contributed by atoms with Crippen LogP contribution in [0.3, 0.4) is 0 Å². The number of thioether (sulfide) groups is 1. The highest BCUT2D eigenvalue weighted by atomic mass is 32.2. The highest BCUT2D eigenvalue weighted by molar-refractivity contribution is 8.02. The van der Waals surface area contributed by atoms with Crippen molar-refractivity contribution < 1.29 is 0 Å². The van der Waals surface area contributed by atoms with Gasteiger partial charge < -0.3 is 4.98 Å². The summed E-state index contributed by atoms with van der Waals surface area (Å²) in [6, 6.07) is 10.7. The zero-order chi connectivity index (χ0) is 9.38. The van der Waals surface area contributed by atoms with Crippen LogP contribution in [0.2, 0.25) is 0 Å². The Morgan fingerprint density at radius 3 is 2.93 bits per heavy atom. The first-order valence-corrected chi connectivity index (χ1v) is 5.87. The van der Waals surface area contributed by atoms with Gasteiger partial charge in [0.2, 0.25) is 0 Å². The normalized spacial score (nSPS) is 16.1. The van der Waals surface area contributed by atoms with Crippen LogP contribution in [0.5, 0.6) is 0 Å². The number of hydrogen-bond acceptors (Lipinski definition) is 1. The molecule has 0 saturated carbocycles. The van der Waals surface area contributed by atoms with Crippen LogP contribution >= 0.6 is 11.8 Å². The topological polar surface area (TPSA) is 15.8 Å². The zero-order valence-corrected chi connectivity index (χ0v) is 8.60. The molecule has 0 fully saturated rings. The molecule has 3 rings (SSSR count). The quantitative estimate of drug-likeness (QED) is 0.744. The van der Waals surface area contributed by atoms with Crippen molar-refractivity contribution in [3.8, 4) is 0 Å². The predicted molar refractivity (Wildman–Crippen MR) is 63.4 cm³/mol. The van der Waals surface area contributed by atoms with Gasteiger partial charge in [0.05, 0.1) is 0 Å². The maximum absolute atomic E-state index is 3.46. The fourth-order valence-electron chi connectivity index (χ4n) is 1.83. The summed E-state index contributed by atoms with van der Waals surface area (Å²) in [5.74, 6) is 1.23. The summed E-state index contributed by atoms with van der Waals surface area (Å²) in [4.78, 5) is 3.46. The van der Waals surface area contributed by atoms with E-state index in [4.69, 9.17) is 0 Å². The van der Waals surface area contributed by atoms with Crippen LogP contribution in [0.15, 0.2) is 35.7 Å². The molecule has 0 atom stereocenters. The fourth-order valence-corrected chi connectivity index (χ4v) is 2.73. The summed E-state index contributed by atoms with van der Waals surface area (Å²) in [7, 11) is 0. The molecule has 2 heterocycles. The average molecular weight is 201 g/mol.